The van der Waals surface area contributed by atoms with Crippen LogP contribution in [0.5, 0.6) is 0 Å². The zero-order chi connectivity index (χ0) is 7.40. The molecule has 1 atom stereocenters. The Balaban J connectivity index is 2.50. The summed E-state index contributed by atoms with van der Waals surface area (Å²) < 4.78 is 4.98. The van der Waals surface area contributed by atoms with Gasteiger partial charge in [0, 0.05) is 0 Å². The fraction of sp³-hybridized carbons (Fsp3) is 0.429. The Bertz CT molecular complexity index is 163. The molecule has 1 aliphatic rings. The predicted octanol–water partition coefficient (Wildman–Crippen LogP) is 0.179. The highest BCUT2D eigenvalue weighted by Gasteiger charge is 2.05. The van der Waals surface area contributed by atoms with Crippen molar-refractivity contribution >= 4 is 0 Å². The molecule has 2 N–H and O–H groups in total. The molecule has 1 aliphatic heterocycles. The molecule has 0 aromatic rings. The van der Waals surface area contributed by atoms with Gasteiger partial charge in [-0.25, -0.2) is 0 Å². The molecule has 0 aromatic carbocycles. The third kappa shape index (κ3) is 1.51. The van der Waals surface area contributed by atoms with E-state index >= 15 is 0 Å². The predicted molar refractivity (Wildman–Crippen MR) is 40.2 cm³/mol. The summed E-state index contributed by atoms with van der Waals surface area (Å²) in [5.41, 5.74) is 0. The van der Waals surface area contributed by atoms with Crippen molar-refractivity contribution < 1.29 is 4.74 Å². The molecule has 0 saturated heterocycles. The zero-order valence-corrected chi connectivity index (χ0v) is 6.22. The van der Waals surface area contributed by atoms with Crippen molar-refractivity contribution in [3.63, 3.8) is 0 Å². The lowest BCUT2D eigenvalue weighted by molar-refractivity contribution is 0.249. The molecule has 3 nitrogen and oxygen atoms in total. The lowest BCUT2D eigenvalue weighted by Crippen LogP contribution is -2.39. The van der Waals surface area contributed by atoms with Gasteiger partial charge < -0.3 is 10.1 Å². The van der Waals surface area contributed by atoms with Gasteiger partial charge in [0.15, 0.2) is 5.88 Å². The summed E-state index contributed by atoms with van der Waals surface area (Å²) in [6.07, 6.45) is 6.05. The smallest absolute Gasteiger partial charge is 0.187 e. The van der Waals surface area contributed by atoms with Crippen LogP contribution >= 0.6 is 0 Å². The highest BCUT2D eigenvalue weighted by Crippen LogP contribution is 1.99. The van der Waals surface area contributed by atoms with Crippen LogP contribution in [0.25, 0.3) is 0 Å². The maximum atomic E-state index is 4.98. The minimum atomic E-state index is 0.194. The fourth-order valence-corrected chi connectivity index (χ4v) is 0.799. The van der Waals surface area contributed by atoms with E-state index in [1.165, 1.54) is 0 Å². The maximum Gasteiger partial charge on any atom is 0.187 e. The number of methoxy groups -OCH3 is 1. The first-order chi connectivity index (χ1) is 4.86. The molecule has 0 bridgehead atoms. The quantitative estimate of drug-likeness (QED) is 0.574. The Kier molecular flexibility index (Phi) is 2.34. The molecule has 0 aliphatic carbocycles. The van der Waals surface area contributed by atoms with Crippen LogP contribution in [0.2, 0.25) is 0 Å². The van der Waals surface area contributed by atoms with Crippen LogP contribution in [0.3, 0.4) is 0 Å². The van der Waals surface area contributed by atoms with Gasteiger partial charge in [0.05, 0.1) is 13.3 Å². The largest absolute Gasteiger partial charge is 0.482 e. The van der Waals surface area contributed by atoms with E-state index in [0.717, 1.165) is 5.88 Å². The maximum absolute atomic E-state index is 4.98. The van der Waals surface area contributed by atoms with Gasteiger partial charge in [0.2, 0.25) is 0 Å². The molecule has 1 unspecified atom stereocenters. The number of allylic oxidation sites excluding steroid dienone is 2. The summed E-state index contributed by atoms with van der Waals surface area (Å²) in [7, 11) is 3.53. The number of nitrogens with one attached hydrogen (secondary N) is 2. The summed E-state index contributed by atoms with van der Waals surface area (Å²) in [6, 6.07) is 0. The Morgan fingerprint density at radius 2 is 2.50 bits per heavy atom. The van der Waals surface area contributed by atoms with Gasteiger partial charge in [-0.2, -0.15) is 0 Å². The normalized spacial score (nSPS) is 23.4. The summed E-state index contributed by atoms with van der Waals surface area (Å²) >= 11 is 0. The van der Waals surface area contributed by atoms with Gasteiger partial charge in [0.25, 0.3) is 0 Å². The van der Waals surface area contributed by atoms with E-state index in [0.29, 0.717) is 0 Å². The average Bonchev–Trinajstić information content (AvgIpc) is 2.05. The summed E-state index contributed by atoms with van der Waals surface area (Å²) in [5, 5.41) is 6.14. The van der Waals surface area contributed by atoms with E-state index in [-0.39, 0.29) is 6.17 Å². The first-order valence-corrected chi connectivity index (χ1v) is 3.23. The topological polar surface area (TPSA) is 33.3 Å². The summed E-state index contributed by atoms with van der Waals surface area (Å²) in [6.45, 7) is 0. The SMILES string of the molecule is CNC1C=CC=C(OC)N1. The zero-order valence-electron chi connectivity index (χ0n) is 6.22. The minimum Gasteiger partial charge on any atom is -0.482 e. The summed E-state index contributed by atoms with van der Waals surface area (Å²) in [4.78, 5) is 0. The lowest BCUT2D eigenvalue weighted by atomic mass is 10.3. The van der Waals surface area contributed by atoms with E-state index in [9.17, 15) is 0 Å². The molecule has 0 saturated carbocycles. The van der Waals surface area contributed by atoms with Gasteiger partial charge in [-0.1, -0.05) is 6.08 Å². The van der Waals surface area contributed by atoms with Crippen LogP contribution in [-0.4, -0.2) is 20.3 Å². The number of rotatable bonds is 2. The van der Waals surface area contributed by atoms with Crippen LogP contribution < -0.4 is 10.6 Å². The number of likely N-dealkylation sites (N-methyl/N-ethyl adjacent to an activating group) is 1. The van der Waals surface area contributed by atoms with Gasteiger partial charge in [-0.05, 0) is 19.2 Å². The number of dihydropyridines is 1. The van der Waals surface area contributed by atoms with Crippen LogP contribution in [0.4, 0.5) is 0 Å². The fourth-order valence-electron chi connectivity index (χ4n) is 0.799. The second-order valence-corrected chi connectivity index (χ2v) is 2.03. The molecule has 0 spiro atoms. The second-order valence-electron chi connectivity index (χ2n) is 2.03. The van der Waals surface area contributed by atoms with Gasteiger partial charge in [-0.3, -0.25) is 5.32 Å². The number of hydrogen-bond donors (Lipinski definition) is 2. The average molecular weight is 140 g/mol. The molecule has 0 fully saturated rings. The molecule has 0 aromatic heterocycles. The van der Waals surface area contributed by atoms with E-state index < -0.39 is 0 Å². The molecule has 56 valence electrons. The molecule has 3 heteroatoms. The summed E-state index contributed by atoms with van der Waals surface area (Å²) in [5.74, 6) is 0.793. The molecule has 1 rings (SSSR count). The molecular formula is C7H12N2O. The second kappa shape index (κ2) is 3.27. The molecule has 10 heavy (non-hydrogen) atoms. The number of ether oxygens (including phenoxy) is 1. The van der Waals surface area contributed by atoms with Crippen LogP contribution in [-0.2, 0) is 4.74 Å². The van der Waals surface area contributed by atoms with E-state index in [1.54, 1.807) is 7.11 Å². The van der Waals surface area contributed by atoms with Crippen molar-refractivity contribution in [2.45, 2.75) is 6.17 Å². The molecule has 1 heterocycles. The first-order valence-electron chi connectivity index (χ1n) is 3.23. The van der Waals surface area contributed by atoms with E-state index in [2.05, 4.69) is 10.6 Å². The molecular weight excluding hydrogens is 128 g/mol. The lowest BCUT2D eigenvalue weighted by Gasteiger charge is -2.19. The third-order valence-corrected chi connectivity index (χ3v) is 1.38. The Hall–Kier alpha value is -0.960. The van der Waals surface area contributed by atoms with Crippen LogP contribution in [0.1, 0.15) is 0 Å². The molecule has 0 amide bonds. The Labute approximate surface area is 60.8 Å². The standard InChI is InChI=1S/C7H12N2O/c1-8-6-4-3-5-7(9-6)10-2/h3-6,8-9H,1-2H3. The van der Waals surface area contributed by atoms with Crippen molar-refractivity contribution in [2.75, 3.05) is 14.2 Å². The highest BCUT2D eigenvalue weighted by atomic mass is 16.5. The van der Waals surface area contributed by atoms with Gasteiger partial charge >= 0.3 is 0 Å². The van der Waals surface area contributed by atoms with Crippen molar-refractivity contribution in [1.82, 2.24) is 10.6 Å². The van der Waals surface area contributed by atoms with Crippen molar-refractivity contribution in [2.24, 2.45) is 0 Å². The Morgan fingerprint density at radius 1 is 1.70 bits per heavy atom. The van der Waals surface area contributed by atoms with Crippen molar-refractivity contribution in [1.29, 1.82) is 0 Å². The van der Waals surface area contributed by atoms with Crippen LogP contribution in [0, 0.1) is 0 Å². The first kappa shape index (κ1) is 7.15. The van der Waals surface area contributed by atoms with E-state index in [1.807, 2.05) is 25.3 Å². The van der Waals surface area contributed by atoms with Crippen LogP contribution in [0.15, 0.2) is 24.1 Å². The minimum absolute atomic E-state index is 0.194. The number of hydrogen-bond acceptors (Lipinski definition) is 3. The van der Waals surface area contributed by atoms with E-state index in [4.69, 9.17) is 4.74 Å². The van der Waals surface area contributed by atoms with Gasteiger partial charge in [-0.15, -0.1) is 0 Å². The van der Waals surface area contributed by atoms with Crippen molar-refractivity contribution in [3.8, 4) is 0 Å². The highest BCUT2D eigenvalue weighted by molar-refractivity contribution is 5.15. The van der Waals surface area contributed by atoms with Crippen molar-refractivity contribution in [3.05, 3.63) is 24.1 Å². The van der Waals surface area contributed by atoms with Gasteiger partial charge in [0.1, 0.15) is 0 Å². The Morgan fingerprint density at radius 3 is 3.10 bits per heavy atom. The molecule has 0 radical (unpaired) electrons. The monoisotopic (exact) mass is 140 g/mol. The third-order valence-electron chi connectivity index (χ3n) is 1.38.